The lowest BCUT2D eigenvalue weighted by Gasteiger charge is -2.31. The lowest BCUT2D eigenvalue weighted by Crippen LogP contribution is -2.45. The van der Waals surface area contributed by atoms with Crippen LogP contribution in [0, 0.1) is 5.92 Å². The Morgan fingerprint density at radius 1 is 1.57 bits per heavy atom. The first kappa shape index (κ1) is 11.0. The molecule has 1 saturated heterocycles. The number of nitrogens with one attached hydrogen (secondary N) is 1. The number of hydrogen-bond donors (Lipinski definition) is 2. The zero-order chi connectivity index (χ0) is 10.4. The Kier molecular flexibility index (Phi) is 4.46. The summed E-state index contributed by atoms with van der Waals surface area (Å²) in [5.74, 6) is 0.596. The molecule has 0 bridgehead atoms. The molecular formula is C10H19N3O. The molecule has 1 aliphatic rings. The highest BCUT2D eigenvalue weighted by Gasteiger charge is 2.20. The van der Waals surface area contributed by atoms with Crippen LogP contribution in [0.1, 0.15) is 12.8 Å². The molecule has 0 aromatic heterocycles. The summed E-state index contributed by atoms with van der Waals surface area (Å²) in [5.41, 5.74) is 5.57. The van der Waals surface area contributed by atoms with E-state index >= 15 is 0 Å². The Morgan fingerprint density at radius 3 is 2.71 bits per heavy atom. The van der Waals surface area contributed by atoms with Gasteiger partial charge >= 0.3 is 6.03 Å². The molecule has 0 aliphatic carbocycles. The van der Waals surface area contributed by atoms with Crippen molar-refractivity contribution < 1.29 is 4.79 Å². The first-order chi connectivity index (χ1) is 6.77. The van der Waals surface area contributed by atoms with Crippen LogP contribution < -0.4 is 11.1 Å². The van der Waals surface area contributed by atoms with Crippen molar-refractivity contribution in [1.29, 1.82) is 0 Å². The average Bonchev–Trinajstić information content (AvgIpc) is 2.26. The number of likely N-dealkylation sites (tertiary alicyclic amines) is 1. The minimum atomic E-state index is 0.0142. The number of carbonyl (C=O) groups is 1. The topological polar surface area (TPSA) is 58.4 Å². The van der Waals surface area contributed by atoms with Crippen molar-refractivity contribution in [2.45, 2.75) is 12.8 Å². The third-order valence-electron chi connectivity index (χ3n) is 2.63. The Hall–Kier alpha value is -1.03. The molecule has 0 aromatic carbocycles. The third-order valence-corrected chi connectivity index (χ3v) is 2.63. The van der Waals surface area contributed by atoms with Gasteiger partial charge in [-0.15, -0.1) is 6.58 Å². The van der Waals surface area contributed by atoms with Gasteiger partial charge in [-0.1, -0.05) is 6.08 Å². The monoisotopic (exact) mass is 197 g/mol. The molecule has 0 spiro atoms. The predicted molar refractivity (Wildman–Crippen MR) is 56.9 cm³/mol. The molecule has 3 N–H and O–H groups in total. The molecule has 14 heavy (non-hydrogen) atoms. The largest absolute Gasteiger partial charge is 0.335 e. The van der Waals surface area contributed by atoms with Gasteiger partial charge < -0.3 is 16.0 Å². The molecule has 1 aliphatic heterocycles. The van der Waals surface area contributed by atoms with Crippen molar-refractivity contribution in [3.63, 3.8) is 0 Å². The van der Waals surface area contributed by atoms with Crippen molar-refractivity contribution >= 4 is 6.03 Å². The lowest BCUT2D eigenvalue weighted by atomic mass is 9.97. The van der Waals surface area contributed by atoms with E-state index in [0.717, 1.165) is 32.5 Å². The first-order valence-corrected chi connectivity index (χ1v) is 5.11. The summed E-state index contributed by atoms with van der Waals surface area (Å²) in [6, 6.07) is 0.0142. The molecule has 0 atom stereocenters. The van der Waals surface area contributed by atoms with E-state index < -0.39 is 0 Å². The van der Waals surface area contributed by atoms with E-state index in [0.29, 0.717) is 12.5 Å². The fourth-order valence-corrected chi connectivity index (χ4v) is 1.64. The number of nitrogens with zero attached hydrogens (tertiary/aromatic N) is 1. The normalized spacial score (nSPS) is 17.9. The van der Waals surface area contributed by atoms with E-state index in [-0.39, 0.29) is 6.03 Å². The van der Waals surface area contributed by atoms with Gasteiger partial charge in [-0.05, 0) is 25.3 Å². The molecule has 4 heteroatoms. The fourth-order valence-electron chi connectivity index (χ4n) is 1.64. The van der Waals surface area contributed by atoms with Gasteiger partial charge in [0.25, 0.3) is 0 Å². The van der Waals surface area contributed by atoms with E-state index in [1.807, 2.05) is 4.90 Å². The van der Waals surface area contributed by atoms with Gasteiger partial charge in [-0.2, -0.15) is 0 Å². The van der Waals surface area contributed by atoms with E-state index in [1.54, 1.807) is 6.08 Å². The van der Waals surface area contributed by atoms with E-state index in [2.05, 4.69) is 11.9 Å². The zero-order valence-electron chi connectivity index (χ0n) is 8.54. The van der Waals surface area contributed by atoms with Crippen molar-refractivity contribution in [2.24, 2.45) is 11.7 Å². The molecule has 0 radical (unpaired) electrons. The molecule has 0 aromatic rings. The maximum absolute atomic E-state index is 11.5. The number of amides is 2. The van der Waals surface area contributed by atoms with Gasteiger partial charge in [0.05, 0.1) is 0 Å². The predicted octanol–water partition coefficient (Wildman–Crippen LogP) is 0.553. The van der Waals surface area contributed by atoms with Crippen LogP contribution in [0.4, 0.5) is 4.79 Å². The van der Waals surface area contributed by atoms with Crippen LogP contribution >= 0.6 is 0 Å². The van der Waals surface area contributed by atoms with Crippen molar-refractivity contribution in [3.8, 4) is 0 Å². The molecular weight excluding hydrogens is 178 g/mol. The maximum Gasteiger partial charge on any atom is 0.317 e. The maximum atomic E-state index is 11.5. The molecule has 80 valence electrons. The quantitative estimate of drug-likeness (QED) is 0.649. The Bertz CT molecular complexity index is 198. The number of carbonyl (C=O) groups excluding carboxylic acids is 1. The number of rotatable bonds is 3. The van der Waals surface area contributed by atoms with Crippen LogP contribution in [-0.4, -0.2) is 37.1 Å². The Morgan fingerprint density at radius 2 is 2.21 bits per heavy atom. The van der Waals surface area contributed by atoms with Crippen LogP contribution in [0.3, 0.4) is 0 Å². The summed E-state index contributed by atoms with van der Waals surface area (Å²) in [6.07, 6.45) is 3.74. The third kappa shape index (κ3) is 3.03. The zero-order valence-corrected chi connectivity index (χ0v) is 8.54. The molecule has 1 heterocycles. The molecule has 4 nitrogen and oxygen atoms in total. The fraction of sp³-hybridized carbons (Fsp3) is 0.700. The first-order valence-electron chi connectivity index (χ1n) is 5.11. The summed E-state index contributed by atoms with van der Waals surface area (Å²) in [7, 11) is 0. The molecule has 0 saturated carbocycles. The Labute approximate surface area is 85.1 Å². The van der Waals surface area contributed by atoms with Gasteiger partial charge in [0.2, 0.25) is 0 Å². The summed E-state index contributed by atoms with van der Waals surface area (Å²) in [4.78, 5) is 13.3. The SMILES string of the molecule is C=CCNC(=O)N1CCC(CN)CC1. The van der Waals surface area contributed by atoms with Crippen molar-refractivity contribution in [2.75, 3.05) is 26.2 Å². The molecule has 0 unspecified atom stereocenters. The minimum absolute atomic E-state index is 0.0142. The van der Waals surface area contributed by atoms with E-state index in [9.17, 15) is 4.79 Å². The van der Waals surface area contributed by atoms with Gasteiger partial charge in [0.15, 0.2) is 0 Å². The van der Waals surface area contributed by atoms with Crippen LogP contribution in [0.25, 0.3) is 0 Å². The number of piperidine rings is 1. The van der Waals surface area contributed by atoms with Gasteiger partial charge in [-0.25, -0.2) is 4.79 Å². The second kappa shape index (κ2) is 5.65. The van der Waals surface area contributed by atoms with Crippen LogP contribution in [-0.2, 0) is 0 Å². The van der Waals surface area contributed by atoms with Gasteiger partial charge in [0, 0.05) is 19.6 Å². The summed E-state index contributed by atoms with van der Waals surface area (Å²) in [6.45, 7) is 6.48. The molecule has 1 rings (SSSR count). The van der Waals surface area contributed by atoms with Crippen LogP contribution in [0.15, 0.2) is 12.7 Å². The second-order valence-electron chi connectivity index (χ2n) is 3.64. The molecule has 2 amide bonds. The minimum Gasteiger partial charge on any atom is -0.335 e. The smallest absolute Gasteiger partial charge is 0.317 e. The van der Waals surface area contributed by atoms with E-state index in [4.69, 9.17) is 5.73 Å². The highest BCUT2D eigenvalue weighted by molar-refractivity contribution is 5.74. The standard InChI is InChI=1S/C10H19N3O/c1-2-5-12-10(14)13-6-3-9(8-11)4-7-13/h2,9H,1,3-8,11H2,(H,12,14). The number of nitrogens with two attached hydrogens (primary N) is 1. The van der Waals surface area contributed by atoms with Gasteiger partial charge in [-0.3, -0.25) is 0 Å². The number of hydrogen-bond acceptors (Lipinski definition) is 2. The highest BCUT2D eigenvalue weighted by Crippen LogP contribution is 2.15. The Balaban J connectivity index is 2.26. The van der Waals surface area contributed by atoms with Crippen molar-refractivity contribution in [1.82, 2.24) is 10.2 Å². The number of urea groups is 1. The molecule has 1 fully saturated rings. The summed E-state index contributed by atoms with van der Waals surface area (Å²) < 4.78 is 0. The average molecular weight is 197 g/mol. The van der Waals surface area contributed by atoms with Crippen LogP contribution in [0.5, 0.6) is 0 Å². The summed E-state index contributed by atoms with van der Waals surface area (Å²) in [5, 5.41) is 2.77. The van der Waals surface area contributed by atoms with E-state index in [1.165, 1.54) is 0 Å². The van der Waals surface area contributed by atoms with Gasteiger partial charge in [0.1, 0.15) is 0 Å². The highest BCUT2D eigenvalue weighted by atomic mass is 16.2. The van der Waals surface area contributed by atoms with Crippen LogP contribution in [0.2, 0.25) is 0 Å². The summed E-state index contributed by atoms with van der Waals surface area (Å²) >= 11 is 0. The second-order valence-corrected chi connectivity index (χ2v) is 3.64. The lowest BCUT2D eigenvalue weighted by molar-refractivity contribution is 0.173. The van der Waals surface area contributed by atoms with Crippen molar-refractivity contribution in [3.05, 3.63) is 12.7 Å².